The van der Waals surface area contributed by atoms with Gasteiger partial charge in [0.2, 0.25) is 10.0 Å². The van der Waals surface area contributed by atoms with Gasteiger partial charge >= 0.3 is 0 Å². The summed E-state index contributed by atoms with van der Waals surface area (Å²) in [7, 11) is -2.13. The second kappa shape index (κ2) is 10.8. The highest BCUT2D eigenvalue weighted by molar-refractivity contribution is 7.89. The summed E-state index contributed by atoms with van der Waals surface area (Å²) in [5, 5.41) is 3.12. The van der Waals surface area contributed by atoms with Gasteiger partial charge in [0.25, 0.3) is 5.91 Å². The van der Waals surface area contributed by atoms with Crippen LogP contribution in [0.1, 0.15) is 29.8 Å². The fourth-order valence-corrected chi connectivity index (χ4v) is 4.60. The molecular weight excluding hydrogens is 428 g/mol. The van der Waals surface area contributed by atoms with Crippen molar-refractivity contribution in [3.63, 3.8) is 0 Å². The highest BCUT2D eigenvalue weighted by Gasteiger charge is 2.24. The Hall–Kier alpha value is -2.13. The maximum absolute atomic E-state index is 13.0. The number of hydrogen-bond acceptors (Lipinski definition) is 5. The van der Waals surface area contributed by atoms with E-state index in [4.69, 9.17) is 21.1 Å². The number of nitrogens with zero attached hydrogens (tertiary/aromatic N) is 1. The molecule has 0 bridgehead atoms. The van der Waals surface area contributed by atoms with Crippen molar-refractivity contribution in [3.05, 3.63) is 52.5 Å². The third kappa shape index (κ3) is 5.51. The molecule has 2 rings (SSSR count). The van der Waals surface area contributed by atoms with E-state index in [9.17, 15) is 13.2 Å². The molecule has 0 aliphatic heterocycles. The molecule has 0 saturated carbocycles. The average molecular weight is 455 g/mol. The van der Waals surface area contributed by atoms with Crippen LogP contribution in [-0.2, 0) is 14.8 Å². The van der Waals surface area contributed by atoms with Crippen LogP contribution >= 0.6 is 11.6 Å². The Balaban J connectivity index is 2.36. The Labute approximate surface area is 183 Å². The van der Waals surface area contributed by atoms with E-state index in [1.54, 1.807) is 52.1 Å². The van der Waals surface area contributed by atoms with Crippen molar-refractivity contribution in [2.24, 2.45) is 0 Å². The quantitative estimate of drug-likeness (QED) is 0.549. The minimum atomic E-state index is -3.68. The van der Waals surface area contributed by atoms with E-state index < -0.39 is 15.9 Å². The summed E-state index contributed by atoms with van der Waals surface area (Å²) in [4.78, 5) is 13.0. The molecule has 0 aliphatic carbocycles. The van der Waals surface area contributed by atoms with Crippen LogP contribution in [0.5, 0.6) is 5.75 Å². The lowest BCUT2D eigenvalue weighted by atomic mass is 10.1. The largest absolute Gasteiger partial charge is 0.487 e. The number of carbonyl (C=O) groups excluding carboxylic acids is 1. The third-order valence-corrected chi connectivity index (χ3v) is 6.89. The molecule has 0 fully saturated rings. The minimum absolute atomic E-state index is 0.0737. The lowest BCUT2D eigenvalue weighted by Gasteiger charge is -2.19. The summed E-state index contributed by atoms with van der Waals surface area (Å²) in [6.45, 7) is 6.61. The molecule has 0 saturated heterocycles. The molecule has 2 aromatic rings. The zero-order chi connectivity index (χ0) is 22.3. The molecule has 0 radical (unpaired) electrons. The summed E-state index contributed by atoms with van der Waals surface area (Å²) in [5.41, 5.74) is 1.29. The molecule has 2 aromatic carbocycles. The third-order valence-electron chi connectivity index (χ3n) is 4.55. The molecule has 0 unspecified atom stereocenters. The molecule has 30 heavy (non-hydrogen) atoms. The van der Waals surface area contributed by atoms with Crippen molar-refractivity contribution < 1.29 is 22.7 Å². The number of carbonyl (C=O) groups is 1. The summed E-state index contributed by atoms with van der Waals surface area (Å²) < 4.78 is 37.6. The van der Waals surface area contributed by atoms with Gasteiger partial charge < -0.3 is 14.8 Å². The predicted octanol–water partition coefficient (Wildman–Crippen LogP) is 3.96. The van der Waals surface area contributed by atoms with Crippen LogP contribution < -0.4 is 10.1 Å². The van der Waals surface area contributed by atoms with Crippen LogP contribution in [0, 0.1) is 6.92 Å². The van der Waals surface area contributed by atoms with Gasteiger partial charge in [0.05, 0.1) is 22.2 Å². The first-order chi connectivity index (χ1) is 14.3. The van der Waals surface area contributed by atoms with Crippen LogP contribution in [0.2, 0.25) is 5.02 Å². The van der Waals surface area contributed by atoms with E-state index in [1.807, 2.05) is 0 Å². The van der Waals surface area contributed by atoms with E-state index in [1.165, 1.54) is 16.4 Å². The van der Waals surface area contributed by atoms with Crippen molar-refractivity contribution in [2.75, 3.05) is 38.7 Å². The number of halogens is 1. The molecular formula is C21H27ClN2O5S. The van der Waals surface area contributed by atoms with Gasteiger partial charge in [0, 0.05) is 25.8 Å². The van der Waals surface area contributed by atoms with Crippen LogP contribution in [0.25, 0.3) is 0 Å². The summed E-state index contributed by atoms with van der Waals surface area (Å²) in [6, 6.07) is 9.54. The maximum atomic E-state index is 13.0. The Morgan fingerprint density at radius 2 is 1.83 bits per heavy atom. The maximum Gasteiger partial charge on any atom is 0.256 e. The molecule has 9 heteroatoms. The number of hydrogen-bond donors (Lipinski definition) is 1. The number of methoxy groups -OCH3 is 1. The number of benzene rings is 2. The van der Waals surface area contributed by atoms with Gasteiger partial charge in [-0.05, 0) is 36.8 Å². The fourth-order valence-electron chi connectivity index (χ4n) is 2.89. The van der Waals surface area contributed by atoms with Crippen molar-refractivity contribution in [1.29, 1.82) is 0 Å². The number of rotatable bonds is 10. The molecule has 0 atom stereocenters. The van der Waals surface area contributed by atoms with Crippen molar-refractivity contribution in [2.45, 2.75) is 25.7 Å². The Kier molecular flexibility index (Phi) is 8.66. The lowest BCUT2D eigenvalue weighted by Crippen LogP contribution is -2.30. The van der Waals surface area contributed by atoms with Gasteiger partial charge in [0.15, 0.2) is 5.75 Å². The van der Waals surface area contributed by atoms with Crippen molar-refractivity contribution in [3.8, 4) is 5.75 Å². The van der Waals surface area contributed by atoms with Crippen LogP contribution in [0.4, 0.5) is 5.69 Å². The van der Waals surface area contributed by atoms with Crippen molar-refractivity contribution >= 4 is 33.2 Å². The molecule has 7 nitrogen and oxygen atoms in total. The van der Waals surface area contributed by atoms with E-state index in [0.29, 0.717) is 41.7 Å². The number of anilines is 1. The molecule has 1 amide bonds. The normalized spacial score (nSPS) is 11.5. The number of sulfonamides is 1. The number of nitrogens with one attached hydrogen (secondary N) is 1. The first-order valence-electron chi connectivity index (χ1n) is 9.58. The standard InChI is InChI=1S/C21H27ClN2O5S/c1-5-24(6-2)30(26,27)16-11-10-15(3)17(14-16)21(25)23-19-9-7-8-18(22)20(19)29-13-12-28-4/h7-11,14H,5-6,12-13H2,1-4H3,(H,23,25). The highest BCUT2D eigenvalue weighted by atomic mass is 35.5. The van der Waals surface area contributed by atoms with Gasteiger partial charge in [-0.25, -0.2) is 8.42 Å². The van der Waals surface area contributed by atoms with Gasteiger partial charge in [0.1, 0.15) is 6.61 Å². The zero-order valence-corrected chi connectivity index (χ0v) is 19.1. The Bertz CT molecular complexity index is 991. The second-order valence-corrected chi connectivity index (χ2v) is 8.82. The number of ether oxygens (including phenoxy) is 2. The molecule has 0 aliphatic rings. The molecule has 0 aromatic heterocycles. The van der Waals surface area contributed by atoms with E-state index in [-0.39, 0.29) is 17.1 Å². The SMILES string of the molecule is CCN(CC)S(=O)(=O)c1ccc(C)c(C(=O)Nc2cccc(Cl)c2OCCOC)c1. The molecule has 0 spiro atoms. The van der Waals surface area contributed by atoms with E-state index in [0.717, 1.165) is 0 Å². The summed E-state index contributed by atoms with van der Waals surface area (Å²) in [6.07, 6.45) is 0. The smallest absolute Gasteiger partial charge is 0.256 e. The minimum Gasteiger partial charge on any atom is -0.487 e. The summed E-state index contributed by atoms with van der Waals surface area (Å²) >= 11 is 6.22. The fraction of sp³-hybridized carbons (Fsp3) is 0.381. The predicted molar refractivity (Wildman–Crippen MR) is 118 cm³/mol. The first kappa shape index (κ1) is 24.1. The lowest BCUT2D eigenvalue weighted by molar-refractivity contribution is 0.102. The molecule has 0 heterocycles. The first-order valence-corrected chi connectivity index (χ1v) is 11.4. The Morgan fingerprint density at radius 3 is 2.47 bits per heavy atom. The molecule has 1 N–H and O–H groups in total. The number of aryl methyl sites for hydroxylation is 1. The Morgan fingerprint density at radius 1 is 1.13 bits per heavy atom. The second-order valence-electron chi connectivity index (χ2n) is 6.48. The van der Waals surface area contributed by atoms with Crippen molar-refractivity contribution in [1.82, 2.24) is 4.31 Å². The number of amides is 1. The number of para-hydroxylation sites is 1. The topological polar surface area (TPSA) is 84.9 Å². The van der Waals surface area contributed by atoms with Gasteiger partial charge in [-0.1, -0.05) is 37.6 Å². The average Bonchev–Trinajstić information content (AvgIpc) is 2.71. The monoisotopic (exact) mass is 454 g/mol. The highest BCUT2D eigenvalue weighted by Crippen LogP contribution is 2.33. The van der Waals surface area contributed by atoms with Crippen LogP contribution in [-0.4, -0.2) is 52.0 Å². The van der Waals surface area contributed by atoms with E-state index in [2.05, 4.69) is 5.32 Å². The van der Waals surface area contributed by atoms with Gasteiger partial charge in [-0.15, -0.1) is 0 Å². The van der Waals surface area contributed by atoms with Crippen LogP contribution in [0.3, 0.4) is 0 Å². The molecule has 164 valence electrons. The van der Waals surface area contributed by atoms with E-state index >= 15 is 0 Å². The summed E-state index contributed by atoms with van der Waals surface area (Å²) in [5.74, 6) is -0.128. The van der Waals surface area contributed by atoms with Crippen LogP contribution in [0.15, 0.2) is 41.3 Å². The van der Waals surface area contributed by atoms with Gasteiger partial charge in [-0.3, -0.25) is 4.79 Å². The zero-order valence-electron chi connectivity index (χ0n) is 17.6. The van der Waals surface area contributed by atoms with Gasteiger partial charge in [-0.2, -0.15) is 4.31 Å².